The Balaban J connectivity index is 4.88. The second-order valence-corrected chi connectivity index (χ2v) is 6.83. The highest BCUT2D eigenvalue weighted by Gasteiger charge is 2.29. The van der Waals surface area contributed by atoms with Gasteiger partial charge in [0.2, 0.25) is 23.6 Å². The zero-order chi connectivity index (χ0) is 22.7. The van der Waals surface area contributed by atoms with Gasteiger partial charge in [0.05, 0.1) is 18.7 Å². The molecule has 0 heterocycles. The van der Waals surface area contributed by atoms with Crippen LogP contribution in [0.5, 0.6) is 0 Å². The molecular weight excluding hydrogens is 386 g/mol. The maximum Gasteiger partial charge on any atom is 0.328 e. The third kappa shape index (κ3) is 9.85. The molecule has 12 heteroatoms. The first-order valence-electron chi connectivity index (χ1n) is 9.22. The number of carbonyl (C=O) groups is 5. The average Bonchev–Trinajstić information content (AvgIpc) is 2.64. The van der Waals surface area contributed by atoms with Crippen molar-refractivity contribution in [2.75, 3.05) is 6.54 Å². The lowest BCUT2D eigenvalue weighted by molar-refractivity contribution is -0.144. The van der Waals surface area contributed by atoms with Crippen molar-refractivity contribution < 1.29 is 34.2 Å². The van der Waals surface area contributed by atoms with E-state index in [1.807, 2.05) is 0 Å². The van der Waals surface area contributed by atoms with Gasteiger partial charge in [-0.1, -0.05) is 20.3 Å². The van der Waals surface area contributed by atoms with Crippen molar-refractivity contribution in [1.29, 1.82) is 0 Å². The van der Waals surface area contributed by atoms with Crippen LogP contribution < -0.4 is 27.4 Å². The lowest BCUT2D eigenvalue weighted by Gasteiger charge is -2.25. The predicted octanol–water partition coefficient (Wildman–Crippen LogP) is -2.82. The molecule has 9 N–H and O–H groups in total. The van der Waals surface area contributed by atoms with Gasteiger partial charge in [0, 0.05) is 6.42 Å². The molecule has 5 atom stereocenters. The van der Waals surface area contributed by atoms with Gasteiger partial charge in [0.25, 0.3) is 0 Å². The second-order valence-electron chi connectivity index (χ2n) is 6.83. The van der Waals surface area contributed by atoms with Crippen molar-refractivity contribution in [3.8, 4) is 0 Å². The van der Waals surface area contributed by atoms with E-state index in [0.717, 1.165) is 0 Å². The first kappa shape index (κ1) is 26.3. The van der Waals surface area contributed by atoms with Crippen LogP contribution in [-0.2, 0) is 24.0 Å². The molecule has 0 aromatic rings. The largest absolute Gasteiger partial charge is 0.480 e. The Bertz CT molecular complexity index is 611. The van der Waals surface area contributed by atoms with Gasteiger partial charge in [-0.3, -0.25) is 19.2 Å². The first-order valence-corrected chi connectivity index (χ1v) is 9.22. The number of carboxylic acid groups (broad SMARTS) is 1. The van der Waals surface area contributed by atoms with Crippen LogP contribution >= 0.6 is 0 Å². The molecule has 0 saturated carbocycles. The number of aliphatic carboxylic acids is 1. The van der Waals surface area contributed by atoms with Crippen LogP contribution in [0.2, 0.25) is 0 Å². The number of hydrogen-bond donors (Lipinski definition) is 7. The van der Waals surface area contributed by atoms with Crippen molar-refractivity contribution in [2.45, 2.75) is 64.3 Å². The molecule has 0 spiro atoms. The quantitative estimate of drug-likeness (QED) is 0.165. The van der Waals surface area contributed by atoms with E-state index in [1.165, 1.54) is 6.92 Å². The summed E-state index contributed by atoms with van der Waals surface area (Å²) in [5.41, 5.74) is 10.7. The molecule has 4 amide bonds. The summed E-state index contributed by atoms with van der Waals surface area (Å²) in [5.74, 6) is -4.44. The number of nitrogens with one attached hydrogen (secondary N) is 3. The normalized spacial score (nSPS) is 15.9. The highest BCUT2D eigenvalue weighted by Crippen LogP contribution is 2.09. The minimum Gasteiger partial charge on any atom is -0.480 e. The van der Waals surface area contributed by atoms with Gasteiger partial charge in [-0.15, -0.1) is 0 Å². The summed E-state index contributed by atoms with van der Waals surface area (Å²) in [6.07, 6.45) is -0.859. The Morgan fingerprint density at radius 1 is 1.00 bits per heavy atom. The van der Waals surface area contributed by atoms with Crippen molar-refractivity contribution in [1.82, 2.24) is 16.0 Å². The molecule has 0 rings (SSSR count). The van der Waals surface area contributed by atoms with Gasteiger partial charge in [-0.2, -0.15) is 0 Å². The van der Waals surface area contributed by atoms with Gasteiger partial charge < -0.3 is 37.6 Å². The van der Waals surface area contributed by atoms with Gasteiger partial charge >= 0.3 is 5.97 Å². The van der Waals surface area contributed by atoms with E-state index in [9.17, 15) is 29.1 Å². The number of aliphatic hydroxyl groups is 1. The van der Waals surface area contributed by atoms with Crippen molar-refractivity contribution >= 4 is 29.6 Å². The number of hydrogen-bond acceptors (Lipinski definition) is 7. The number of carbonyl (C=O) groups excluding carboxylic acids is 4. The van der Waals surface area contributed by atoms with Crippen LogP contribution in [0.25, 0.3) is 0 Å². The minimum absolute atomic E-state index is 0.0222. The number of nitrogens with two attached hydrogens (primary N) is 2. The topological polar surface area (TPSA) is 214 Å². The molecule has 0 aliphatic rings. The van der Waals surface area contributed by atoms with Crippen LogP contribution in [0.3, 0.4) is 0 Å². The molecule has 0 saturated heterocycles. The molecular formula is C17H31N5O7. The van der Waals surface area contributed by atoms with Crippen LogP contribution in [0.4, 0.5) is 0 Å². The fourth-order valence-corrected chi connectivity index (χ4v) is 2.28. The standard InChI is InChI=1S/C17H31N5O7/c1-4-8(2)13(22-15(26)10(18)5-6-11(19)24)16(27)20-7-12(25)21-14(9(3)23)17(28)29/h8-10,13-14,23H,4-7,18H2,1-3H3,(H2,19,24)(H,20,27)(H,21,25)(H,22,26)(H,28,29). The van der Waals surface area contributed by atoms with Crippen molar-refractivity contribution in [3.05, 3.63) is 0 Å². The van der Waals surface area contributed by atoms with Crippen LogP contribution in [-0.4, -0.2) is 70.6 Å². The molecule has 5 unspecified atom stereocenters. The Kier molecular flexibility index (Phi) is 11.5. The van der Waals surface area contributed by atoms with Crippen molar-refractivity contribution in [2.24, 2.45) is 17.4 Å². The van der Waals surface area contributed by atoms with Crippen LogP contribution in [0, 0.1) is 5.92 Å². The van der Waals surface area contributed by atoms with Gasteiger partial charge in [-0.25, -0.2) is 4.79 Å². The highest BCUT2D eigenvalue weighted by atomic mass is 16.4. The number of amides is 4. The summed E-state index contributed by atoms with van der Waals surface area (Å²) >= 11 is 0. The molecule has 12 nitrogen and oxygen atoms in total. The fourth-order valence-electron chi connectivity index (χ4n) is 2.28. The Morgan fingerprint density at radius 3 is 2.03 bits per heavy atom. The monoisotopic (exact) mass is 417 g/mol. The zero-order valence-electron chi connectivity index (χ0n) is 16.8. The summed E-state index contributed by atoms with van der Waals surface area (Å²) in [5, 5.41) is 25.2. The van der Waals surface area contributed by atoms with Crippen LogP contribution in [0.1, 0.15) is 40.0 Å². The molecule has 29 heavy (non-hydrogen) atoms. The third-order valence-electron chi connectivity index (χ3n) is 4.32. The predicted molar refractivity (Wildman–Crippen MR) is 102 cm³/mol. The zero-order valence-corrected chi connectivity index (χ0v) is 16.8. The van der Waals surface area contributed by atoms with E-state index < -0.39 is 60.4 Å². The smallest absolute Gasteiger partial charge is 0.328 e. The number of rotatable bonds is 13. The van der Waals surface area contributed by atoms with E-state index in [0.29, 0.717) is 6.42 Å². The molecule has 0 fully saturated rings. The summed E-state index contributed by atoms with van der Waals surface area (Å²) in [6.45, 7) is 4.17. The molecule has 0 aliphatic heterocycles. The van der Waals surface area contributed by atoms with Crippen LogP contribution in [0.15, 0.2) is 0 Å². The highest BCUT2D eigenvalue weighted by molar-refractivity contribution is 5.93. The molecule has 166 valence electrons. The molecule has 0 aliphatic carbocycles. The fraction of sp³-hybridized carbons (Fsp3) is 0.706. The number of primary amides is 1. The lowest BCUT2D eigenvalue weighted by atomic mass is 9.97. The molecule has 0 radical (unpaired) electrons. The van der Waals surface area contributed by atoms with E-state index in [1.54, 1.807) is 13.8 Å². The van der Waals surface area contributed by atoms with Gasteiger partial charge in [-0.05, 0) is 19.3 Å². The van der Waals surface area contributed by atoms with Crippen molar-refractivity contribution in [3.63, 3.8) is 0 Å². The first-order chi connectivity index (χ1) is 13.4. The maximum atomic E-state index is 12.4. The second kappa shape index (κ2) is 12.7. The SMILES string of the molecule is CCC(C)C(NC(=O)C(N)CCC(N)=O)C(=O)NCC(=O)NC(C(=O)O)C(C)O. The molecule has 0 bridgehead atoms. The van der Waals surface area contributed by atoms with E-state index >= 15 is 0 Å². The summed E-state index contributed by atoms with van der Waals surface area (Å²) in [7, 11) is 0. The molecule has 0 aromatic heterocycles. The summed E-state index contributed by atoms with van der Waals surface area (Å²) < 4.78 is 0. The number of carboxylic acids is 1. The lowest BCUT2D eigenvalue weighted by Crippen LogP contribution is -2.56. The van der Waals surface area contributed by atoms with E-state index in [4.69, 9.17) is 16.6 Å². The molecule has 0 aromatic carbocycles. The average molecular weight is 417 g/mol. The maximum absolute atomic E-state index is 12.4. The van der Waals surface area contributed by atoms with Gasteiger partial charge in [0.15, 0.2) is 6.04 Å². The van der Waals surface area contributed by atoms with Gasteiger partial charge in [0.1, 0.15) is 6.04 Å². The Hall–Kier alpha value is -2.73. The van der Waals surface area contributed by atoms with E-state index in [2.05, 4.69) is 16.0 Å². The van der Waals surface area contributed by atoms with E-state index in [-0.39, 0.29) is 18.8 Å². The summed E-state index contributed by atoms with van der Waals surface area (Å²) in [4.78, 5) is 58.3. The Labute approximate surface area is 168 Å². The number of aliphatic hydroxyl groups excluding tert-OH is 1. The minimum atomic E-state index is -1.52. The Morgan fingerprint density at radius 2 is 1.59 bits per heavy atom. The third-order valence-corrected chi connectivity index (χ3v) is 4.32. The summed E-state index contributed by atoms with van der Waals surface area (Å²) in [6, 6.07) is -3.55.